The molecular weight excluding hydrogens is 398 g/mol. The molecule has 31 heavy (non-hydrogen) atoms. The van der Waals surface area contributed by atoms with Crippen molar-refractivity contribution in [3.63, 3.8) is 0 Å². The van der Waals surface area contributed by atoms with Crippen LogP contribution >= 0.6 is 0 Å². The molecule has 3 heterocycles. The molecule has 1 fully saturated rings. The van der Waals surface area contributed by atoms with Crippen LogP contribution in [-0.2, 0) is 0 Å². The van der Waals surface area contributed by atoms with Gasteiger partial charge in [0.2, 0.25) is 0 Å². The molecule has 1 saturated heterocycles. The first kappa shape index (κ1) is 20.5. The summed E-state index contributed by atoms with van der Waals surface area (Å²) in [6.07, 6.45) is 4.44. The van der Waals surface area contributed by atoms with E-state index in [9.17, 15) is 14.4 Å². The largest absolute Gasteiger partial charge is 0.469 e. The van der Waals surface area contributed by atoms with E-state index < -0.39 is 0 Å². The number of nitrogens with zero attached hydrogens (tertiary/aromatic N) is 1. The van der Waals surface area contributed by atoms with Crippen LogP contribution < -0.4 is 10.6 Å². The van der Waals surface area contributed by atoms with Crippen LogP contribution in [0.5, 0.6) is 0 Å². The zero-order valence-electron chi connectivity index (χ0n) is 17.1. The van der Waals surface area contributed by atoms with Gasteiger partial charge in [0.05, 0.1) is 29.3 Å². The fourth-order valence-corrected chi connectivity index (χ4v) is 3.70. The number of para-hydroxylation sites is 1. The number of hydrogen-bond acceptors (Lipinski definition) is 5. The average Bonchev–Trinajstić information content (AvgIpc) is 3.45. The Morgan fingerprint density at radius 2 is 1.81 bits per heavy atom. The van der Waals surface area contributed by atoms with Crippen LogP contribution in [0.2, 0.25) is 0 Å². The SMILES string of the molecule is Cc1occc1C(=O)Nc1ccccc1C(=O)NC1CCCN(C(=O)c2ccco2)C1. The third kappa shape index (κ3) is 4.53. The molecule has 2 aromatic heterocycles. The van der Waals surface area contributed by atoms with Gasteiger partial charge >= 0.3 is 0 Å². The summed E-state index contributed by atoms with van der Waals surface area (Å²) < 4.78 is 10.4. The number of aryl methyl sites for hydroxylation is 1. The van der Waals surface area contributed by atoms with Crippen molar-refractivity contribution in [2.24, 2.45) is 0 Å². The molecule has 1 aromatic carbocycles. The molecule has 0 radical (unpaired) electrons. The van der Waals surface area contributed by atoms with Crippen LogP contribution in [0.25, 0.3) is 0 Å². The summed E-state index contributed by atoms with van der Waals surface area (Å²) in [6, 6.07) is 11.5. The molecule has 0 aliphatic carbocycles. The van der Waals surface area contributed by atoms with Crippen molar-refractivity contribution < 1.29 is 23.2 Å². The van der Waals surface area contributed by atoms with Gasteiger partial charge in [-0.3, -0.25) is 14.4 Å². The summed E-state index contributed by atoms with van der Waals surface area (Å²) in [5.41, 5.74) is 1.17. The molecule has 3 amide bonds. The first-order chi connectivity index (χ1) is 15.0. The summed E-state index contributed by atoms with van der Waals surface area (Å²) in [4.78, 5) is 39.7. The average molecular weight is 421 g/mol. The van der Waals surface area contributed by atoms with Gasteiger partial charge in [0.1, 0.15) is 5.76 Å². The predicted molar refractivity (Wildman–Crippen MR) is 113 cm³/mol. The van der Waals surface area contributed by atoms with Crippen molar-refractivity contribution in [2.45, 2.75) is 25.8 Å². The molecule has 0 spiro atoms. The van der Waals surface area contributed by atoms with Gasteiger partial charge < -0.3 is 24.4 Å². The van der Waals surface area contributed by atoms with Gasteiger partial charge in [0.25, 0.3) is 17.7 Å². The second-order valence-electron chi connectivity index (χ2n) is 7.43. The molecule has 0 bridgehead atoms. The maximum atomic E-state index is 13.0. The Morgan fingerprint density at radius 1 is 0.968 bits per heavy atom. The van der Waals surface area contributed by atoms with Crippen molar-refractivity contribution in [1.29, 1.82) is 0 Å². The van der Waals surface area contributed by atoms with Gasteiger partial charge in [-0.15, -0.1) is 0 Å². The number of hydrogen-bond donors (Lipinski definition) is 2. The third-order valence-corrected chi connectivity index (χ3v) is 5.30. The van der Waals surface area contributed by atoms with E-state index in [2.05, 4.69) is 10.6 Å². The highest BCUT2D eigenvalue weighted by Gasteiger charge is 2.27. The number of anilines is 1. The first-order valence-electron chi connectivity index (χ1n) is 10.1. The maximum Gasteiger partial charge on any atom is 0.289 e. The first-order valence-corrected chi connectivity index (χ1v) is 10.1. The number of nitrogens with one attached hydrogen (secondary N) is 2. The lowest BCUT2D eigenvalue weighted by Gasteiger charge is -2.32. The Bertz CT molecular complexity index is 1090. The highest BCUT2D eigenvalue weighted by molar-refractivity contribution is 6.09. The lowest BCUT2D eigenvalue weighted by Crippen LogP contribution is -2.49. The van der Waals surface area contributed by atoms with Crippen LogP contribution in [0.15, 0.2) is 63.8 Å². The summed E-state index contributed by atoms with van der Waals surface area (Å²) in [5.74, 6) is -0.0545. The zero-order chi connectivity index (χ0) is 21.8. The highest BCUT2D eigenvalue weighted by Crippen LogP contribution is 2.20. The Labute approximate surface area is 179 Å². The highest BCUT2D eigenvalue weighted by atomic mass is 16.3. The van der Waals surface area contributed by atoms with Gasteiger partial charge in [-0.05, 0) is 50.1 Å². The Hall–Kier alpha value is -3.81. The van der Waals surface area contributed by atoms with Crippen LogP contribution in [0.3, 0.4) is 0 Å². The summed E-state index contributed by atoms with van der Waals surface area (Å²) >= 11 is 0. The Balaban J connectivity index is 1.43. The second-order valence-corrected chi connectivity index (χ2v) is 7.43. The molecule has 1 unspecified atom stereocenters. The van der Waals surface area contributed by atoms with Gasteiger partial charge in [0.15, 0.2) is 5.76 Å². The lowest BCUT2D eigenvalue weighted by molar-refractivity contribution is 0.0647. The summed E-state index contributed by atoms with van der Waals surface area (Å²) in [7, 11) is 0. The minimum atomic E-state index is -0.348. The molecule has 160 valence electrons. The number of furan rings is 2. The number of piperidine rings is 1. The molecular formula is C23H23N3O5. The Morgan fingerprint density at radius 3 is 2.55 bits per heavy atom. The van der Waals surface area contributed by atoms with Crippen molar-refractivity contribution >= 4 is 23.4 Å². The van der Waals surface area contributed by atoms with Crippen LogP contribution in [0, 0.1) is 6.92 Å². The van der Waals surface area contributed by atoms with Crippen molar-refractivity contribution in [3.8, 4) is 0 Å². The molecule has 3 aromatic rings. The molecule has 1 atom stereocenters. The van der Waals surface area contributed by atoms with E-state index in [1.807, 2.05) is 0 Å². The zero-order valence-corrected chi connectivity index (χ0v) is 17.1. The standard InChI is InChI=1S/C23H23N3O5/c1-15-17(10-13-30-15)21(27)25-19-8-3-2-7-18(19)22(28)24-16-6-4-11-26(14-16)23(29)20-9-5-12-31-20/h2-3,5,7-10,12-13,16H,4,6,11,14H2,1H3,(H,24,28)(H,25,27). The quantitative estimate of drug-likeness (QED) is 0.656. The molecule has 8 nitrogen and oxygen atoms in total. The molecule has 2 N–H and O–H groups in total. The molecule has 8 heteroatoms. The number of carbonyl (C=O) groups is 3. The topological polar surface area (TPSA) is 105 Å². The van der Waals surface area contributed by atoms with E-state index in [0.717, 1.165) is 12.8 Å². The van der Waals surface area contributed by atoms with Gasteiger partial charge in [-0.2, -0.15) is 0 Å². The second kappa shape index (κ2) is 8.91. The molecule has 4 rings (SSSR count). The van der Waals surface area contributed by atoms with Crippen molar-refractivity contribution in [2.75, 3.05) is 18.4 Å². The van der Waals surface area contributed by atoms with Crippen molar-refractivity contribution in [3.05, 3.63) is 77.6 Å². The fraction of sp³-hybridized carbons (Fsp3) is 0.261. The van der Waals surface area contributed by atoms with E-state index in [0.29, 0.717) is 35.7 Å². The van der Waals surface area contributed by atoms with Crippen LogP contribution in [0.1, 0.15) is 49.9 Å². The van der Waals surface area contributed by atoms with Gasteiger partial charge in [-0.1, -0.05) is 12.1 Å². The van der Waals surface area contributed by atoms with E-state index in [-0.39, 0.29) is 29.5 Å². The minimum absolute atomic E-state index is 0.188. The molecule has 0 saturated carbocycles. The van der Waals surface area contributed by atoms with Crippen LogP contribution in [0.4, 0.5) is 5.69 Å². The van der Waals surface area contributed by atoms with Crippen molar-refractivity contribution in [1.82, 2.24) is 10.2 Å². The number of carbonyl (C=O) groups excluding carboxylic acids is 3. The fourth-order valence-electron chi connectivity index (χ4n) is 3.70. The lowest BCUT2D eigenvalue weighted by atomic mass is 10.0. The number of amides is 3. The van der Waals surface area contributed by atoms with E-state index in [4.69, 9.17) is 8.83 Å². The number of likely N-dealkylation sites (tertiary alicyclic amines) is 1. The van der Waals surface area contributed by atoms with Crippen LogP contribution in [-0.4, -0.2) is 41.8 Å². The Kier molecular flexibility index (Phi) is 5.88. The minimum Gasteiger partial charge on any atom is -0.469 e. The van der Waals surface area contributed by atoms with Gasteiger partial charge in [-0.25, -0.2) is 0 Å². The van der Waals surface area contributed by atoms with E-state index >= 15 is 0 Å². The number of rotatable bonds is 5. The normalized spacial score (nSPS) is 16.0. The maximum absolute atomic E-state index is 13.0. The predicted octanol–water partition coefficient (Wildman–Crippen LogP) is 3.47. The summed E-state index contributed by atoms with van der Waals surface area (Å²) in [5, 5.41) is 5.77. The molecule has 1 aliphatic rings. The smallest absolute Gasteiger partial charge is 0.289 e. The monoisotopic (exact) mass is 421 g/mol. The summed E-state index contributed by atoms with van der Waals surface area (Å²) in [6.45, 7) is 2.71. The van der Waals surface area contributed by atoms with E-state index in [1.54, 1.807) is 54.3 Å². The van der Waals surface area contributed by atoms with Gasteiger partial charge in [0, 0.05) is 19.1 Å². The third-order valence-electron chi connectivity index (χ3n) is 5.30. The number of benzene rings is 1. The molecule has 1 aliphatic heterocycles. The van der Waals surface area contributed by atoms with E-state index in [1.165, 1.54) is 12.5 Å².